The van der Waals surface area contributed by atoms with E-state index in [2.05, 4.69) is 22.6 Å². The third-order valence-corrected chi connectivity index (χ3v) is 4.52. The molecule has 0 unspecified atom stereocenters. The maximum Gasteiger partial charge on any atom is 0.142 e. The summed E-state index contributed by atoms with van der Waals surface area (Å²) in [6.45, 7) is 3.85. The van der Waals surface area contributed by atoms with Crippen molar-refractivity contribution < 1.29 is 4.74 Å². The van der Waals surface area contributed by atoms with Crippen LogP contribution >= 0.6 is 45.8 Å². The number of halogens is 3. The number of hydrogen-bond acceptors (Lipinski definition) is 1. The van der Waals surface area contributed by atoms with Crippen LogP contribution in [0.25, 0.3) is 0 Å². The molecule has 13 heavy (non-hydrogen) atoms. The molecule has 0 spiro atoms. The molecule has 1 rings (SSSR count). The summed E-state index contributed by atoms with van der Waals surface area (Å²) in [4.78, 5) is 0. The molecular formula is C9H9Cl2IO. The van der Waals surface area contributed by atoms with Crippen LogP contribution in [0.15, 0.2) is 0 Å². The van der Waals surface area contributed by atoms with Gasteiger partial charge >= 0.3 is 0 Å². The van der Waals surface area contributed by atoms with Gasteiger partial charge in [0.05, 0.1) is 17.2 Å². The molecule has 0 bridgehead atoms. The summed E-state index contributed by atoms with van der Waals surface area (Å²) < 4.78 is 6.12. The molecule has 0 aromatic heterocycles. The smallest absolute Gasteiger partial charge is 0.142 e. The van der Waals surface area contributed by atoms with Gasteiger partial charge in [-0.05, 0) is 42.0 Å². The Morgan fingerprint density at radius 2 is 1.62 bits per heavy atom. The Hall–Kier alpha value is 0.330. The van der Waals surface area contributed by atoms with E-state index in [9.17, 15) is 0 Å². The fraction of sp³-hybridized carbons (Fsp3) is 0.333. The lowest BCUT2D eigenvalue weighted by Gasteiger charge is -2.13. The zero-order valence-electron chi connectivity index (χ0n) is 7.54. The van der Waals surface area contributed by atoms with Crippen LogP contribution in [0.2, 0.25) is 10.0 Å². The van der Waals surface area contributed by atoms with Crippen LogP contribution in [-0.4, -0.2) is 7.11 Å². The Morgan fingerprint density at radius 3 is 2.08 bits per heavy atom. The van der Waals surface area contributed by atoms with Gasteiger partial charge in [0, 0.05) is 9.13 Å². The fourth-order valence-corrected chi connectivity index (χ4v) is 2.36. The molecule has 0 radical (unpaired) electrons. The predicted octanol–water partition coefficient (Wildman–Crippen LogP) is 4.22. The van der Waals surface area contributed by atoms with E-state index < -0.39 is 0 Å². The highest BCUT2D eigenvalue weighted by Crippen LogP contribution is 2.39. The van der Waals surface area contributed by atoms with Crippen LogP contribution in [0, 0.1) is 17.4 Å². The molecule has 0 fully saturated rings. The molecule has 0 atom stereocenters. The molecule has 1 aromatic rings. The average Bonchev–Trinajstić information content (AvgIpc) is 2.13. The van der Waals surface area contributed by atoms with Gasteiger partial charge in [0.2, 0.25) is 0 Å². The first-order chi connectivity index (χ1) is 6.00. The molecule has 0 aliphatic rings. The van der Waals surface area contributed by atoms with Crippen LogP contribution in [0.4, 0.5) is 0 Å². The second-order valence-electron chi connectivity index (χ2n) is 2.73. The lowest BCUT2D eigenvalue weighted by Crippen LogP contribution is -1.95. The first-order valence-corrected chi connectivity index (χ1v) is 5.51. The van der Waals surface area contributed by atoms with Gasteiger partial charge in [-0.25, -0.2) is 0 Å². The van der Waals surface area contributed by atoms with E-state index in [-0.39, 0.29) is 0 Å². The first kappa shape index (κ1) is 11.4. The van der Waals surface area contributed by atoms with Crippen molar-refractivity contribution in [2.45, 2.75) is 13.8 Å². The Kier molecular flexibility index (Phi) is 3.72. The predicted molar refractivity (Wildman–Crippen MR) is 65.2 cm³/mol. The summed E-state index contributed by atoms with van der Waals surface area (Å²) in [6.07, 6.45) is 0. The van der Waals surface area contributed by atoms with Crippen LogP contribution in [0.3, 0.4) is 0 Å². The maximum absolute atomic E-state index is 6.10. The summed E-state index contributed by atoms with van der Waals surface area (Å²) in [5.74, 6) is 0.668. The highest BCUT2D eigenvalue weighted by molar-refractivity contribution is 14.1. The van der Waals surface area contributed by atoms with Gasteiger partial charge < -0.3 is 4.74 Å². The van der Waals surface area contributed by atoms with E-state index in [1.807, 2.05) is 13.8 Å². The zero-order valence-corrected chi connectivity index (χ0v) is 11.2. The molecule has 0 saturated carbocycles. The van der Waals surface area contributed by atoms with Crippen molar-refractivity contribution in [3.8, 4) is 5.75 Å². The van der Waals surface area contributed by atoms with E-state index in [1.165, 1.54) is 0 Å². The number of hydrogen-bond donors (Lipinski definition) is 0. The quantitative estimate of drug-likeness (QED) is 0.553. The lowest BCUT2D eigenvalue weighted by atomic mass is 10.1. The highest BCUT2D eigenvalue weighted by atomic mass is 127. The first-order valence-electron chi connectivity index (χ1n) is 3.68. The summed E-state index contributed by atoms with van der Waals surface area (Å²) in [5, 5.41) is 1.37. The van der Waals surface area contributed by atoms with Gasteiger partial charge in [-0.3, -0.25) is 0 Å². The molecule has 0 amide bonds. The van der Waals surface area contributed by atoms with Gasteiger partial charge in [0.1, 0.15) is 5.75 Å². The second-order valence-corrected chi connectivity index (χ2v) is 4.56. The van der Waals surface area contributed by atoms with Crippen molar-refractivity contribution in [2.24, 2.45) is 0 Å². The molecule has 0 saturated heterocycles. The fourth-order valence-electron chi connectivity index (χ4n) is 1.15. The van der Waals surface area contributed by atoms with Crippen molar-refractivity contribution in [3.05, 3.63) is 24.7 Å². The Morgan fingerprint density at radius 1 is 1.08 bits per heavy atom. The van der Waals surface area contributed by atoms with E-state index in [4.69, 9.17) is 27.9 Å². The van der Waals surface area contributed by atoms with Crippen LogP contribution in [0.5, 0.6) is 5.75 Å². The minimum Gasteiger partial charge on any atom is -0.495 e. The monoisotopic (exact) mass is 330 g/mol. The van der Waals surface area contributed by atoms with E-state index in [1.54, 1.807) is 7.11 Å². The second kappa shape index (κ2) is 4.24. The molecule has 0 aliphatic carbocycles. The molecule has 1 aromatic carbocycles. The number of benzene rings is 1. The van der Waals surface area contributed by atoms with Crippen LogP contribution in [0.1, 0.15) is 11.1 Å². The SMILES string of the molecule is COc1c(C)c(Cl)c(C)c(I)c1Cl. The summed E-state index contributed by atoms with van der Waals surface area (Å²) in [5.41, 5.74) is 1.90. The van der Waals surface area contributed by atoms with Gasteiger partial charge in [0.15, 0.2) is 0 Å². The van der Waals surface area contributed by atoms with Crippen LogP contribution in [-0.2, 0) is 0 Å². The maximum atomic E-state index is 6.10. The topological polar surface area (TPSA) is 9.23 Å². The van der Waals surface area contributed by atoms with Crippen molar-refractivity contribution in [1.82, 2.24) is 0 Å². The van der Waals surface area contributed by atoms with Crippen molar-refractivity contribution in [2.75, 3.05) is 7.11 Å². The minimum atomic E-state index is 0.641. The summed E-state index contributed by atoms with van der Waals surface area (Å²) >= 11 is 14.3. The Labute approximate surface area is 102 Å². The standard InChI is InChI=1S/C9H9Cl2IO/c1-4-6(10)5(2)9(13-3)7(11)8(4)12/h1-3H3. The molecule has 0 heterocycles. The number of methoxy groups -OCH3 is 1. The Bertz CT molecular complexity index is 321. The van der Waals surface area contributed by atoms with E-state index in [0.717, 1.165) is 19.7 Å². The van der Waals surface area contributed by atoms with E-state index >= 15 is 0 Å². The Balaban J connectivity index is 3.56. The third-order valence-electron chi connectivity index (χ3n) is 1.92. The molecule has 4 heteroatoms. The van der Waals surface area contributed by atoms with Crippen LogP contribution < -0.4 is 4.74 Å². The van der Waals surface area contributed by atoms with Gasteiger partial charge in [0.25, 0.3) is 0 Å². The number of ether oxygens (including phenoxy) is 1. The number of rotatable bonds is 1. The third kappa shape index (κ3) is 1.90. The average molecular weight is 331 g/mol. The van der Waals surface area contributed by atoms with Gasteiger partial charge in [-0.15, -0.1) is 0 Å². The lowest BCUT2D eigenvalue weighted by molar-refractivity contribution is 0.411. The largest absolute Gasteiger partial charge is 0.495 e. The molecular weight excluding hydrogens is 322 g/mol. The molecule has 0 N–H and O–H groups in total. The minimum absolute atomic E-state index is 0.641. The van der Waals surface area contributed by atoms with Crippen molar-refractivity contribution in [1.29, 1.82) is 0 Å². The van der Waals surface area contributed by atoms with Crippen molar-refractivity contribution >= 4 is 45.8 Å². The molecule has 0 aliphatic heterocycles. The van der Waals surface area contributed by atoms with E-state index in [0.29, 0.717) is 10.8 Å². The van der Waals surface area contributed by atoms with Gasteiger partial charge in [-0.2, -0.15) is 0 Å². The molecule has 1 nitrogen and oxygen atoms in total. The van der Waals surface area contributed by atoms with Crippen molar-refractivity contribution in [3.63, 3.8) is 0 Å². The van der Waals surface area contributed by atoms with Gasteiger partial charge in [-0.1, -0.05) is 23.2 Å². The summed E-state index contributed by atoms with van der Waals surface area (Å²) in [7, 11) is 1.59. The highest BCUT2D eigenvalue weighted by Gasteiger charge is 2.15. The normalized spacial score (nSPS) is 10.3. The summed E-state index contributed by atoms with van der Waals surface area (Å²) in [6, 6.07) is 0. The zero-order chi connectivity index (χ0) is 10.2. The molecule has 72 valence electrons.